The largest absolute Gasteiger partial charge is 0.315 e. The van der Waals surface area contributed by atoms with Crippen LogP contribution in [-0.2, 0) is 0 Å². The summed E-state index contributed by atoms with van der Waals surface area (Å²) in [5, 5.41) is 7.17. The molecule has 1 atom stereocenters. The molecule has 1 aliphatic carbocycles. The topological polar surface area (TPSA) is 27.3 Å². The van der Waals surface area contributed by atoms with E-state index in [9.17, 15) is 0 Å². The van der Waals surface area contributed by atoms with Gasteiger partial charge in [-0.05, 0) is 31.2 Å². The number of piperazine rings is 1. The third kappa shape index (κ3) is 3.43. The summed E-state index contributed by atoms with van der Waals surface area (Å²) in [6.07, 6.45) is 4.34. The van der Waals surface area contributed by atoms with E-state index >= 15 is 0 Å². The van der Waals surface area contributed by atoms with E-state index in [0.29, 0.717) is 11.5 Å². The summed E-state index contributed by atoms with van der Waals surface area (Å²) in [5.41, 5.74) is 0.485. The van der Waals surface area contributed by atoms with Crippen molar-refractivity contribution in [1.29, 1.82) is 0 Å². The standard InChI is InChI=1S/C14H29N3/c1-14(2,12-5-4-6-12)11-16-10-13-9-15-7-8-17(13)3/h12-13,15-16H,4-11H2,1-3H3. The van der Waals surface area contributed by atoms with Crippen molar-refractivity contribution < 1.29 is 0 Å². The van der Waals surface area contributed by atoms with E-state index in [0.717, 1.165) is 25.6 Å². The van der Waals surface area contributed by atoms with Crippen molar-refractivity contribution in [3.63, 3.8) is 0 Å². The second kappa shape index (κ2) is 5.68. The highest BCUT2D eigenvalue weighted by molar-refractivity contribution is 4.87. The maximum Gasteiger partial charge on any atom is 0.0342 e. The van der Waals surface area contributed by atoms with Crippen molar-refractivity contribution in [3.05, 3.63) is 0 Å². The van der Waals surface area contributed by atoms with E-state index in [2.05, 4.69) is 36.4 Å². The van der Waals surface area contributed by atoms with E-state index in [-0.39, 0.29) is 0 Å². The first-order valence-electron chi connectivity index (χ1n) is 7.21. The minimum atomic E-state index is 0.485. The van der Waals surface area contributed by atoms with Gasteiger partial charge in [0, 0.05) is 38.8 Å². The number of nitrogens with one attached hydrogen (secondary N) is 2. The highest BCUT2D eigenvalue weighted by atomic mass is 15.2. The number of rotatable bonds is 5. The zero-order chi connectivity index (χ0) is 12.3. The van der Waals surface area contributed by atoms with Gasteiger partial charge in [-0.2, -0.15) is 0 Å². The van der Waals surface area contributed by atoms with Crippen LogP contribution < -0.4 is 10.6 Å². The number of nitrogens with zero attached hydrogens (tertiary/aromatic N) is 1. The fourth-order valence-corrected chi connectivity index (χ4v) is 2.99. The molecule has 17 heavy (non-hydrogen) atoms. The molecule has 2 fully saturated rings. The van der Waals surface area contributed by atoms with Gasteiger partial charge in [-0.15, -0.1) is 0 Å². The Hall–Kier alpha value is -0.120. The number of likely N-dealkylation sites (N-methyl/N-ethyl adjacent to an activating group) is 1. The Balaban J connectivity index is 1.67. The van der Waals surface area contributed by atoms with Gasteiger partial charge in [0.2, 0.25) is 0 Å². The average molecular weight is 239 g/mol. The van der Waals surface area contributed by atoms with Crippen LogP contribution >= 0.6 is 0 Å². The molecular formula is C14H29N3. The van der Waals surface area contributed by atoms with Gasteiger partial charge in [-0.25, -0.2) is 0 Å². The molecule has 1 unspecified atom stereocenters. The van der Waals surface area contributed by atoms with Gasteiger partial charge >= 0.3 is 0 Å². The van der Waals surface area contributed by atoms with Gasteiger partial charge in [0.1, 0.15) is 0 Å². The van der Waals surface area contributed by atoms with Crippen molar-refractivity contribution in [2.24, 2.45) is 11.3 Å². The van der Waals surface area contributed by atoms with Crippen LogP contribution in [0.25, 0.3) is 0 Å². The maximum atomic E-state index is 3.69. The molecule has 0 aromatic carbocycles. The molecule has 100 valence electrons. The van der Waals surface area contributed by atoms with E-state index in [4.69, 9.17) is 0 Å². The van der Waals surface area contributed by atoms with E-state index in [1.165, 1.54) is 32.4 Å². The van der Waals surface area contributed by atoms with Gasteiger partial charge in [0.25, 0.3) is 0 Å². The Morgan fingerprint density at radius 3 is 2.71 bits per heavy atom. The summed E-state index contributed by atoms with van der Waals surface area (Å²) in [5.74, 6) is 0.956. The second-order valence-corrected chi connectivity index (χ2v) is 6.59. The molecule has 1 saturated heterocycles. The van der Waals surface area contributed by atoms with E-state index in [1.54, 1.807) is 0 Å². The molecule has 1 saturated carbocycles. The molecule has 2 aliphatic rings. The number of hydrogen-bond donors (Lipinski definition) is 2. The molecular weight excluding hydrogens is 210 g/mol. The quantitative estimate of drug-likeness (QED) is 0.757. The van der Waals surface area contributed by atoms with Crippen molar-refractivity contribution in [2.45, 2.75) is 39.2 Å². The van der Waals surface area contributed by atoms with Gasteiger partial charge in [-0.1, -0.05) is 20.3 Å². The summed E-state index contributed by atoms with van der Waals surface area (Å²) < 4.78 is 0. The van der Waals surface area contributed by atoms with Crippen molar-refractivity contribution in [1.82, 2.24) is 15.5 Å². The predicted molar refractivity (Wildman–Crippen MR) is 73.3 cm³/mol. The van der Waals surface area contributed by atoms with Crippen LogP contribution in [0.1, 0.15) is 33.1 Å². The molecule has 0 bridgehead atoms. The monoisotopic (exact) mass is 239 g/mol. The average Bonchev–Trinajstić information content (AvgIpc) is 2.17. The first-order chi connectivity index (χ1) is 8.09. The van der Waals surface area contributed by atoms with Gasteiger partial charge < -0.3 is 10.6 Å². The van der Waals surface area contributed by atoms with Crippen LogP contribution in [-0.4, -0.2) is 50.7 Å². The third-order valence-electron chi connectivity index (χ3n) is 4.82. The minimum Gasteiger partial charge on any atom is -0.315 e. The molecule has 2 N–H and O–H groups in total. The lowest BCUT2D eigenvalue weighted by molar-refractivity contribution is 0.113. The van der Waals surface area contributed by atoms with Crippen molar-refractivity contribution in [3.8, 4) is 0 Å². The first-order valence-corrected chi connectivity index (χ1v) is 7.21. The summed E-state index contributed by atoms with van der Waals surface area (Å²) in [6.45, 7) is 10.6. The molecule has 3 heteroatoms. The normalized spacial score (nSPS) is 28.1. The Kier molecular flexibility index (Phi) is 4.45. The fraction of sp³-hybridized carbons (Fsp3) is 1.00. The molecule has 1 heterocycles. The Morgan fingerprint density at radius 1 is 1.35 bits per heavy atom. The summed E-state index contributed by atoms with van der Waals surface area (Å²) >= 11 is 0. The van der Waals surface area contributed by atoms with Crippen LogP contribution in [0.4, 0.5) is 0 Å². The van der Waals surface area contributed by atoms with Crippen LogP contribution in [0.2, 0.25) is 0 Å². The summed E-state index contributed by atoms with van der Waals surface area (Å²) in [4.78, 5) is 2.47. The number of hydrogen-bond acceptors (Lipinski definition) is 3. The minimum absolute atomic E-state index is 0.485. The Labute approximate surface area is 106 Å². The van der Waals surface area contributed by atoms with Crippen LogP contribution in [0, 0.1) is 11.3 Å². The van der Waals surface area contributed by atoms with E-state index < -0.39 is 0 Å². The lowest BCUT2D eigenvalue weighted by Crippen LogP contribution is -2.54. The summed E-state index contributed by atoms with van der Waals surface area (Å²) in [7, 11) is 2.24. The molecule has 0 aromatic heterocycles. The smallest absolute Gasteiger partial charge is 0.0342 e. The zero-order valence-electron chi connectivity index (χ0n) is 11.8. The molecule has 2 rings (SSSR count). The molecule has 0 amide bonds. The Bertz CT molecular complexity index is 236. The zero-order valence-corrected chi connectivity index (χ0v) is 11.8. The van der Waals surface area contributed by atoms with Crippen molar-refractivity contribution >= 4 is 0 Å². The molecule has 1 aliphatic heterocycles. The molecule has 0 aromatic rings. The Morgan fingerprint density at radius 2 is 2.12 bits per heavy atom. The van der Waals surface area contributed by atoms with Crippen molar-refractivity contribution in [2.75, 3.05) is 39.8 Å². The lowest BCUT2D eigenvalue weighted by atomic mass is 9.67. The highest BCUT2D eigenvalue weighted by Crippen LogP contribution is 2.41. The second-order valence-electron chi connectivity index (χ2n) is 6.59. The van der Waals surface area contributed by atoms with Crippen LogP contribution in [0.15, 0.2) is 0 Å². The maximum absolute atomic E-state index is 3.69. The van der Waals surface area contributed by atoms with Gasteiger partial charge in [-0.3, -0.25) is 4.90 Å². The first kappa shape index (κ1) is 13.3. The van der Waals surface area contributed by atoms with Gasteiger partial charge in [0.05, 0.1) is 0 Å². The third-order valence-corrected chi connectivity index (χ3v) is 4.82. The SMILES string of the molecule is CN1CCNCC1CNCC(C)(C)C1CCC1. The molecule has 0 radical (unpaired) electrons. The van der Waals surface area contributed by atoms with Crippen LogP contribution in [0.3, 0.4) is 0 Å². The highest BCUT2D eigenvalue weighted by Gasteiger charge is 2.33. The van der Waals surface area contributed by atoms with E-state index in [1.807, 2.05) is 0 Å². The predicted octanol–water partition coefficient (Wildman–Crippen LogP) is 1.31. The fourth-order valence-electron chi connectivity index (χ4n) is 2.99. The summed E-state index contributed by atoms with van der Waals surface area (Å²) in [6, 6.07) is 0.668. The lowest BCUT2D eigenvalue weighted by Gasteiger charge is -2.41. The molecule has 0 spiro atoms. The van der Waals surface area contributed by atoms with Crippen LogP contribution in [0.5, 0.6) is 0 Å². The van der Waals surface area contributed by atoms with Gasteiger partial charge in [0.15, 0.2) is 0 Å². The molecule has 3 nitrogen and oxygen atoms in total.